The molecule has 5 heteroatoms. The number of allylic oxidation sites excluding steroid dienone is 3. The monoisotopic (exact) mass is 209 g/mol. The molecule has 0 amide bonds. The number of thioether (sulfide) groups is 1. The summed E-state index contributed by atoms with van der Waals surface area (Å²) >= 11 is 3.36. The van der Waals surface area contributed by atoms with Gasteiger partial charge in [0.1, 0.15) is 5.03 Å². The maximum Gasteiger partial charge on any atom is 0.144 e. The van der Waals surface area contributed by atoms with Gasteiger partial charge in [0, 0.05) is 21.8 Å². The number of fused-ring (bicyclic) bond motifs is 3. The average Bonchev–Trinajstić information content (AvgIpc) is 2.52. The molecule has 0 saturated carbocycles. The molecule has 0 radical (unpaired) electrons. The second-order valence-electron chi connectivity index (χ2n) is 2.91. The van der Waals surface area contributed by atoms with Crippen LogP contribution in [-0.2, 0) is 0 Å². The van der Waals surface area contributed by atoms with E-state index in [0.29, 0.717) is 0 Å². The summed E-state index contributed by atoms with van der Waals surface area (Å²) in [6, 6.07) is 0. The molecule has 1 aromatic heterocycles. The molecule has 0 fully saturated rings. The molecule has 3 rings (SSSR count). The van der Waals surface area contributed by atoms with Gasteiger partial charge in [-0.15, -0.1) is 5.10 Å². The van der Waals surface area contributed by atoms with Gasteiger partial charge in [-0.2, -0.15) is 4.09 Å². The van der Waals surface area contributed by atoms with Crippen molar-refractivity contribution in [1.82, 2.24) is 14.4 Å². The third kappa shape index (κ3) is 1.42. The van der Waals surface area contributed by atoms with Crippen LogP contribution in [0.4, 0.5) is 0 Å². The molecular formula is C8H7N3S2. The highest BCUT2D eigenvalue weighted by Gasteiger charge is 2.14. The molecule has 3 nitrogen and oxygen atoms in total. The molecule has 0 unspecified atom stereocenters. The lowest BCUT2D eigenvalue weighted by Crippen LogP contribution is -1.94. The van der Waals surface area contributed by atoms with E-state index in [1.165, 1.54) is 9.81 Å². The van der Waals surface area contributed by atoms with Gasteiger partial charge in [-0.1, -0.05) is 23.1 Å². The number of nitrogens with zero attached hydrogens (tertiary/aromatic N) is 3. The predicted octanol–water partition coefficient (Wildman–Crippen LogP) is 2.44. The van der Waals surface area contributed by atoms with Gasteiger partial charge in [0.25, 0.3) is 0 Å². The van der Waals surface area contributed by atoms with E-state index < -0.39 is 0 Å². The van der Waals surface area contributed by atoms with Crippen molar-refractivity contribution in [2.75, 3.05) is 0 Å². The van der Waals surface area contributed by atoms with Crippen molar-refractivity contribution in [2.24, 2.45) is 0 Å². The molecule has 2 aliphatic rings. The summed E-state index contributed by atoms with van der Waals surface area (Å²) in [5, 5.41) is 9.06. The van der Waals surface area contributed by atoms with Gasteiger partial charge < -0.3 is 0 Å². The van der Waals surface area contributed by atoms with Crippen molar-refractivity contribution in [2.45, 2.75) is 17.9 Å². The van der Waals surface area contributed by atoms with Gasteiger partial charge in [-0.3, -0.25) is 0 Å². The third-order valence-electron chi connectivity index (χ3n) is 1.93. The second-order valence-corrected chi connectivity index (χ2v) is 5.08. The van der Waals surface area contributed by atoms with Crippen LogP contribution in [0.15, 0.2) is 33.2 Å². The fraction of sp³-hybridized carbons (Fsp3) is 0.250. The Labute approximate surface area is 84.4 Å². The van der Waals surface area contributed by atoms with E-state index in [0.717, 1.165) is 17.9 Å². The fourth-order valence-corrected chi connectivity index (χ4v) is 3.23. The molecule has 2 heterocycles. The van der Waals surface area contributed by atoms with Crippen LogP contribution < -0.4 is 0 Å². The van der Waals surface area contributed by atoms with Crippen molar-refractivity contribution in [3.63, 3.8) is 0 Å². The van der Waals surface area contributed by atoms with Crippen LogP contribution in [-0.4, -0.2) is 14.4 Å². The first-order chi connectivity index (χ1) is 6.40. The zero-order valence-electron chi connectivity index (χ0n) is 6.80. The second kappa shape index (κ2) is 2.92. The highest BCUT2D eigenvalue weighted by atomic mass is 32.2. The van der Waals surface area contributed by atoms with Crippen molar-refractivity contribution in [3.8, 4) is 0 Å². The largest absolute Gasteiger partial charge is 0.188 e. The summed E-state index contributed by atoms with van der Waals surface area (Å²) in [6.45, 7) is 0. The van der Waals surface area contributed by atoms with Crippen LogP contribution in [0.5, 0.6) is 0 Å². The molecule has 1 aliphatic carbocycles. The number of aromatic nitrogens is 3. The van der Waals surface area contributed by atoms with Crippen LogP contribution in [0.1, 0.15) is 12.8 Å². The Morgan fingerprint density at radius 2 is 2.46 bits per heavy atom. The Morgan fingerprint density at radius 3 is 3.46 bits per heavy atom. The number of hydrogen-bond donors (Lipinski definition) is 0. The highest BCUT2D eigenvalue weighted by molar-refractivity contribution is 8.04. The van der Waals surface area contributed by atoms with Crippen LogP contribution in [0, 0.1) is 0 Å². The molecule has 4 bridgehead atoms. The normalized spacial score (nSPS) is 20.0. The van der Waals surface area contributed by atoms with Crippen LogP contribution in [0.25, 0.3) is 0 Å². The zero-order valence-corrected chi connectivity index (χ0v) is 8.44. The molecule has 0 N–H and O–H groups in total. The molecule has 0 saturated heterocycles. The van der Waals surface area contributed by atoms with E-state index in [1.54, 1.807) is 23.7 Å². The zero-order chi connectivity index (χ0) is 8.67. The van der Waals surface area contributed by atoms with Gasteiger partial charge >= 0.3 is 0 Å². The maximum absolute atomic E-state index is 4.06. The van der Waals surface area contributed by atoms with Gasteiger partial charge in [0.15, 0.2) is 0 Å². The summed E-state index contributed by atoms with van der Waals surface area (Å²) in [4.78, 5) is 2.68. The average molecular weight is 209 g/mol. The van der Waals surface area contributed by atoms with Gasteiger partial charge in [0.05, 0.1) is 6.20 Å². The van der Waals surface area contributed by atoms with E-state index in [2.05, 4.69) is 22.5 Å². The smallest absolute Gasteiger partial charge is 0.144 e. The van der Waals surface area contributed by atoms with Crippen molar-refractivity contribution in [3.05, 3.63) is 28.2 Å². The first-order valence-electron chi connectivity index (χ1n) is 4.09. The summed E-state index contributed by atoms with van der Waals surface area (Å²) in [5.74, 6) is 0. The molecule has 66 valence electrons. The summed E-state index contributed by atoms with van der Waals surface area (Å²) in [7, 11) is 0. The molecule has 0 aromatic carbocycles. The minimum absolute atomic E-state index is 0.982. The molecular weight excluding hydrogens is 202 g/mol. The first-order valence-corrected chi connectivity index (χ1v) is 5.68. The maximum atomic E-state index is 4.06. The minimum Gasteiger partial charge on any atom is -0.188 e. The number of hydrogen-bond acceptors (Lipinski definition) is 4. The van der Waals surface area contributed by atoms with E-state index in [4.69, 9.17) is 0 Å². The lowest BCUT2D eigenvalue weighted by molar-refractivity contribution is 0.873. The van der Waals surface area contributed by atoms with Crippen molar-refractivity contribution in [1.29, 1.82) is 0 Å². The Kier molecular flexibility index (Phi) is 1.73. The van der Waals surface area contributed by atoms with E-state index >= 15 is 0 Å². The predicted molar refractivity (Wildman–Crippen MR) is 54.3 cm³/mol. The van der Waals surface area contributed by atoms with Crippen LogP contribution in [0.2, 0.25) is 0 Å². The van der Waals surface area contributed by atoms with Gasteiger partial charge in [-0.25, -0.2) is 0 Å². The quantitative estimate of drug-likeness (QED) is 0.656. The lowest BCUT2D eigenvalue weighted by Gasteiger charge is -2.12. The topological polar surface area (TPSA) is 30.7 Å². The fourth-order valence-electron chi connectivity index (χ4n) is 1.36. The Bertz CT molecular complexity index is 405. The molecule has 1 aliphatic heterocycles. The Morgan fingerprint density at radius 1 is 1.46 bits per heavy atom. The molecule has 1 aromatic rings. The highest BCUT2D eigenvalue weighted by Crippen LogP contribution is 2.37. The van der Waals surface area contributed by atoms with Gasteiger partial charge in [-0.05, 0) is 18.9 Å². The van der Waals surface area contributed by atoms with Crippen LogP contribution in [0.3, 0.4) is 0 Å². The molecule has 0 atom stereocenters. The van der Waals surface area contributed by atoms with Crippen molar-refractivity contribution >= 4 is 23.7 Å². The standard InChI is InChI=1S/C8H7N3S2/c1-2-6-4-7(3-1)13-11-5-8(12-6)9-10-11/h2,4-5H,1,3H2. The summed E-state index contributed by atoms with van der Waals surface area (Å²) in [5.41, 5.74) is 0. The van der Waals surface area contributed by atoms with Gasteiger partial charge in [0.2, 0.25) is 0 Å². The third-order valence-corrected chi connectivity index (χ3v) is 3.76. The molecule has 13 heavy (non-hydrogen) atoms. The summed E-state index contributed by atoms with van der Waals surface area (Å²) < 4.78 is 1.83. The Hall–Kier alpha value is -0.680. The van der Waals surface area contributed by atoms with E-state index in [-0.39, 0.29) is 0 Å². The lowest BCUT2D eigenvalue weighted by atomic mass is 10.2. The molecule has 0 spiro atoms. The van der Waals surface area contributed by atoms with Crippen LogP contribution >= 0.6 is 23.7 Å². The SMILES string of the molecule is C1=C2C=C(CC1)Sn1cc(nn1)S2. The van der Waals surface area contributed by atoms with E-state index in [1.807, 2.05) is 10.3 Å². The Balaban J connectivity index is 2.08. The van der Waals surface area contributed by atoms with E-state index in [9.17, 15) is 0 Å². The minimum atomic E-state index is 0.982. The summed E-state index contributed by atoms with van der Waals surface area (Å²) in [6.07, 6.45) is 8.74. The number of rotatable bonds is 0. The van der Waals surface area contributed by atoms with Crippen molar-refractivity contribution < 1.29 is 0 Å². The first kappa shape index (κ1) is 7.70.